The fraction of sp³-hybridized carbons (Fsp3) is 0.281. The van der Waals surface area contributed by atoms with Crippen LogP contribution in [0.15, 0.2) is 83.8 Å². The van der Waals surface area contributed by atoms with E-state index in [9.17, 15) is 30.8 Å². The van der Waals surface area contributed by atoms with E-state index in [4.69, 9.17) is 0 Å². The van der Waals surface area contributed by atoms with Crippen molar-refractivity contribution in [3.05, 3.63) is 107 Å². The lowest BCUT2D eigenvalue weighted by Gasteiger charge is -2.23. The number of benzene rings is 3. The Hall–Kier alpha value is -4.36. The number of aromatic nitrogens is 2. The van der Waals surface area contributed by atoms with Crippen LogP contribution >= 0.6 is 0 Å². The van der Waals surface area contributed by atoms with Crippen LogP contribution in [-0.2, 0) is 34.0 Å². The van der Waals surface area contributed by atoms with E-state index in [1.807, 2.05) is 18.2 Å². The first-order valence-corrected chi connectivity index (χ1v) is 15.9. The van der Waals surface area contributed by atoms with E-state index in [2.05, 4.69) is 26.7 Å². The van der Waals surface area contributed by atoms with Gasteiger partial charge in [-0.3, -0.25) is 4.79 Å². The quantitative estimate of drug-likeness (QED) is 0.234. The van der Waals surface area contributed by atoms with Crippen molar-refractivity contribution in [3.8, 4) is 11.3 Å². The molecule has 1 fully saturated rings. The Kier molecular flexibility index (Phi) is 8.31. The maximum atomic E-state index is 13.4. The van der Waals surface area contributed by atoms with Gasteiger partial charge in [0.25, 0.3) is 0 Å². The monoisotopic (exact) mass is 639 g/mol. The Morgan fingerprint density at radius 1 is 0.956 bits per heavy atom. The maximum Gasteiger partial charge on any atom is 0.416 e. The summed E-state index contributed by atoms with van der Waals surface area (Å²) < 4.78 is 80.6. The second kappa shape index (κ2) is 12.2. The van der Waals surface area contributed by atoms with Crippen LogP contribution < -0.4 is 10.6 Å². The molecule has 2 atom stereocenters. The third-order valence-corrected chi connectivity index (χ3v) is 10.0. The maximum absolute atomic E-state index is 13.4. The number of sulfonamides is 1. The highest BCUT2D eigenvalue weighted by molar-refractivity contribution is 7.89. The van der Waals surface area contributed by atoms with Crippen molar-refractivity contribution in [1.82, 2.24) is 19.6 Å². The van der Waals surface area contributed by atoms with Gasteiger partial charge >= 0.3 is 6.18 Å². The normalized spacial score (nSPS) is 18.5. The van der Waals surface area contributed by atoms with Crippen molar-refractivity contribution < 1.29 is 30.8 Å². The summed E-state index contributed by atoms with van der Waals surface area (Å²) in [5, 5.41) is 6.12. The molecule has 1 aliphatic heterocycles. The lowest BCUT2D eigenvalue weighted by atomic mass is 10.1. The topological polar surface area (TPSA) is 104 Å². The molecule has 2 N–H and O–H groups in total. The highest BCUT2D eigenvalue weighted by Gasteiger charge is 2.39. The minimum Gasteiger partial charge on any atom is -0.349 e. The molecule has 2 heterocycles. The van der Waals surface area contributed by atoms with Crippen LogP contribution in [0.2, 0.25) is 0 Å². The zero-order chi connectivity index (χ0) is 31.8. The second-order valence-corrected chi connectivity index (χ2v) is 12.9. The molecule has 3 aromatic carbocycles. The van der Waals surface area contributed by atoms with E-state index in [0.717, 1.165) is 47.0 Å². The number of amides is 1. The molecule has 2 unspecified atom stereocenters. The molecule has 1 aliphatic carbocycles. The van der Waals surface area contributed by atoms with Gasteiger partial charge < -0.3 is 10.6 Å². The van der Waals surface area contributed by atoms with Gasteiger partial charge in [-0.05, 0) is 79.3 Å². The molecule has 8 nitrogen and oxygen atoms in total. The summed E-state index contributed by atoms with van der Waals surface area (Å²) in [5.74, 6) is -0.844. The van der Waals surface area contributed by atoms with E-state index >= 15 is 0 Å². The van der Waals surface area contributed by atoms with Crippen molar-refractivity contribution in [1.29, 1.82) is 0 Å². The van der Waals surface area contributed by atoms with Gasteiger partial charge in [0.1, 0.15) is 11.9 Å². The Morgan fingerprint density at radius 2 is 1.69 bits per heavy atom. The lowest BCUT2D eigenvalue weighted by molar-refractivity contribution is -0.137. The van der Waals surface area contributed by atoms with Crippen molar-refractivity contribution in [2.75, 3.05) is 11.9 Å². The first-order valence-electron chi connectivity index (χ1n) is 14.4. The molecule has 1 saturated heterocycles. The molecule has 0 saturated carbocycles. The molecule has 1 amide bonds. The SMILES string of the molecule is O=C(NCc1cc(-c2ccc(C(F)(F)F)cc2)nc(NC2CCc3ccccc32)n1)C1CCCN1S(=O)(=O)c1ccc(F)cc1. The van der Waals surface area contributed by atoms with Crippen LogP contribution in [0.4, 0.5) is 23.5 Å². The van der Waals surface area contributed by atoms with Gasteiger partial charge in [0.05, 0.1) is 34.4 Å². The number of anilines is 1. The number of carbonyl (C=O) groups excluding carboxylic acids is 1. The Bertz CT molecular complexity index is 1820. The van der Waals surface area contributed by atoms with Crippen LogP contribution in [0.3, 0.4) is 0 Å². The number of hydrogen-bond donors (Lipinski definition) is 2. The van der Waals surface area contributed by atoms with Gasteiger partial charge in [-0.1, -0.05) is 36.4 Å². The number of alkyl halides is 3. The first-order chi connectivity index (χ1) is 21.5. The molecule has 234 valence electrons. The second-order valence-electron chi connectivity index (χ2n) is 11.0. The van der Waals surface area contributed by atoms with Gasteiger partial charge in [-0.25, -0.2) is 22.8 Å². The molecule has 45 heavy (non-hydrogen) atoms. The summed E-state index contributed by atoms with van der Waals surface area (Å²) in [6.45, 7) is 0.0617. The van der Waals surface area contributed by atoms with E-state index < -0.39 is 39.5 Å². The molecular formula is C32H29F4N5O3S. The molecule has 13 heteroatoms. The molecular weight excluding hydrogens is 610 g/mol. The third-order valence-electron chi connectivity index (χ3n) is 8.09. The summed E-state index contributed by atoms with van der Waals surface area (Å²) in [7, 11) is -4.04. The number of halogens is 4. The predicted octanol–water partition coefficient (Wildman–Crippen LogP) is 5.87. The van der Waals surface area contributed by atoms with Crippen molar-refractivity contribution in [2.24, 2.45) is 0 Å². The fourth-order valence-electron chi connectivity index (χ4n) is 5.82. The van der Waals surface area contributed by atoms with Gasteiger partial charge in [-0.2, -0.15) is 17.5 Å². The highest BCUT2D eigenvalue weighted by atomic mass is 32.2. The minimum atomic E-state index is -4.49. The summed E-state index contributed by atoms with van der Waals surface area (Å²) in [6.07, 6.45) is -2.03. The third kappa shape index (κ3) is 6.54. The Morgan fingerprint density at radius 3 is 2.42 bits per heavy atom. The molecule has 0 bridgehead atoms. The lowest BCUT2D eigenvalue weighted by Crippen LogP contribution is -2.45. The number of aryl methyl sites for hydroxylation is 1. The number of hydrogen-bond acceptors (Lipinski definition) is 6. The summed E-state index contributed by atoms with van der Waals surface area (Å²) in [4.78, 5) is 22.4. The zero-order valence-electron chi connectivity index (χ0n) is 23.9. The van der Waals surface area contributed by atoms with Gasteiger partial charge in [0, 0.05) is 12.1 Å². The van der Waals surface area contributed by atoms with E-state index in [-0.39, 0.29) is 30.0 Å². The number of nitrogens with one attached hydrogen (secondary N) is 2. The largest absolute Gasteiger partial charge is 0.416 e. The highest BCUT2D eigenvalue weighted by Crippen LogP contribution is 2.34. The molecule has 6 rings (SSSR count). The van der Waals surface area contributed by atoms with E-state index in [0.29, 0.717) is 29.8 Å². The molecule has 4 aromatic rings. The van der Waals surface area contributed by atoms with Crippen LogP contribution in [0.25, 0.3) is 11.3 Å². The summed E-state index contributed by atoms with van der Waals surface area (Å²) >= 11 is 0. The Labute approximate surface area is 257 Å². The molecule has 0 radical (unpaired) electrons. The predicted molar refractivity (Wildman–Crippen MR) is 159 cm³/mol. The van der Waals surface area contributed by atoms with Gasteiger partial charge in [-0.15, -0.1) is 0 Å². The number of fused-ring (bicyclic) bond motifs is 1. The Balaban J connectivity index is 1.24. The van der Waals surface area contributed by atoms with Crippen molar-refractivity contribution in [2.45, 2.75) is 55.4 Å². The average molecular weight is 640 g/mol. The van der Waals surface area contributed by atoms with Crippen molar-refractivity contribution in [3.63, 3.8) is 0 Å². The fourth-order valence-corrected chi connectivity index (χ4v) is 7.48. The van der Waals surface area contributed by atoms with E-state index in [1.54, 1.807) is 6.07 Å². The summed E-state index contributed by atoms with van der Waals surface area (Å²) in [6, 6.07) is 17.6. The number of nitrogens with zero attached hydrogens (tertiary/aromatic N) is 3. The zero-order valence-corrected chi connectivity index (χ0v) is 24.7. The summed E-state index contributed by atoms with van der Waals surface area (Å²) in [5.41, 5.74) is 2.70. The van der Waals surface area contributed by atoms with Crippen LogP contribution in [-0.4, -0.2) is 41.2 Å². The van der Waals surface area contributed by atoms with E-state index in [1.165, 1.54) is 29.8 Å². The number of rotatable bonds is 8. The standard InChI is InChI=1S/C32H29F4N5O3S/c33-23-12-14-25(15-13-23)45(43,44)41-17-3-6-29(41)30(42)37-19-24-18-28(21-7-10-22(11-8-21)32(34,35)36)40-31(38-24)39-27-16-9-20-4-1-2-5-26(20)27/h1-2,4-5,7-8,10-15,18,27,29H,3,6,9,16-17,19H2,(H,37,42)(H,38,39,40). The van der Waals surface area contributed by atoms with Crippen LogP contribution in [0.1, 0.15) is 47.7 Å². The smallest absolute Gasteiger partial charge is 0.349 e. The van der Waals surface area contributed by atoms with Crippen LogP contribution in [0, 0.1) is 5.82 Å². The molecule has 2 aliphatic rings. The average Bonchev–Trinajstić information content (AvgIpc) is 3.68. The molecule has 1 aromatic heterocycles. The van der Waals surface area contributed by atoms with Crippen LogP contribution in [0.5, 0.6) is 0 Å². The van der Waals surface area contributed by atoms with Crippen molar-refractivity contribution >= 4 is 21.9 Å². The minimum absolute atomic E-state index is 0.0739. The van der Waals surface area contributed by atoms with Gasteiger partial charge in [0.2, 0.25) is 21.9 Å². The molecule has 0 spiro atoms. The van der Waals surface area contributed by atoms with Gasteiger partial charge in [0.15, 0.2) is 0 Å². The first kappa shape index (κ1) is 30.7. The number of carbonyl (C=O) groups is 1.